The van der Waals surface area contributed by atoms with Crippen molar-refractivity contribution < 1.29 is 22.4 Å². The summed E-state index contributed by atoms with van der Waals surface area (Å²) in [6.45, 7) is -0.831. The fourth-order valence-electron chi connectivity index (χ4n) is 2.05. The number of fused-ring (bicyclic) bond motifs is 1. The molecular formula is C14H7ClF4N4OS. The number of amides is 1. The summed E-state index contributed by atoms with van der Waals surface area (Å²) < 4.78 is 54.5. The van der Waals surface area contributed by atoms with Gasteiger partial charge in [-0.15, -0.1) is 22.9 Å². The van der Waals surface area contributed by atoms with Gasteiger partial charge in [-0.05, 0) is 0 Å². The Balaban J connectivity index is 2.07. The number of thiazole rings is 1. The van der Waals surface area contributed by atoms with Crippen molar-refractivity contribution in [3.8, 4) is 0 Å². The molecule has 0 fully saturated rings. The summed E-state index contributed by atoms with van der Waals surface area (Å²) >= 11 is 6.66. The Labute approximate surface area is 146 Å². The lowest BCUT2D eigenvalue weighted by atomic mass is 10.1. The molecule has 0 aliphatic rings. The summed E-state index contributed by atoms with van der Waals surface area (Å²) in [5.41, 5.74) is 0.989. The highest BCUT2D eigenvalue weighted by molar-refractivity contribution is 7.16. The third-order valence-corrected chi connectivity index (χ3v) is 4.22. The zero-order valence-electron chi connectivity index (χ0n) is 12.1. The number of hydrogen-bond acceptors (Lipinski definition) is 5. The number of aromatic nitrogens is 3. The summed E-state index contributed by atoms with van der Waals surface area (Å²) in [4.78, 5) is 25.1. The van der Waals surface area contributed by atoms with Crippen molar-refractivity contribution in [2.75, 3.05) is 10.8 Å². The lowest BCUT2D eigenvalue weighted by Gasteiger charge is -2.20. The molecule has 2 heterocycles. The van der Waals surface area contributed by atoms with Crippen molar-refractivity contribution in [2.45, 2.75) is 6.54 Å². The monoisotopic (exact) mass is 390 g/mol. The summed E-state index contributed by atoms with van der Waals surface area (Å²) in [5, 5.41) is 0. The van der Waals surface area contributed by atoms with Crippen LogP contribution in [0.1, 0.15) is 5.56 Å². The predicted molar refractivity (Wildman–Crippen MR) is 83.4 cm³/mol. The molecule has 0 radical (unpaired) electrons. The quantitative estimate of drug-likeness (QED) is 0.389. The molecule has 130 valence electrons. The van der Waals surface area contributed by atoms with E-state index >= 15 is 0 Å². The molecule has 0 aliphatic carbocycles. The number of rotatable bonds is 4. The molecule has 0 unspecified atom stereocenters. The summed E-state index contributed by atoms with van der Waals surface area (Å²) in [5.74, 6) is -7.93. The molecule has 25 heavy (non-hydrogen) atoms. The predicted octanol–water partition coefficient (Wildman–Crippen LogP) is 3.41. The fraction of sp³-hybridized carbons (Fsp3) is 0.143. The third-order valence-electron chi connectivity index (χ3n) is 3.25. The van der Waals surface area contributed by atoms with Gasteiger partial charge in [0.15, 0.2) is 23.3 Å². The number of carbonyl (C=O) groups excluding carboxylic acids is 1. The van der Waals surface area contributed by atoms with Crippen LogP contribution in [0.15, 0.2) is 17.8 Å². The van der Waals surface area contributed by atoms with Gasteiger partial charge in [-0.25, -0.2) is 27.5 Å². The van der Waals surface area contributed by atoms with Crippen molar-refractivity contribution in [1.82, 2.24) is 15.0 Å². The molecule has 5 nitrogen and oxygen atoms in total. The maximum atomic E-state index is 13.9. The van der Waals surface area contributed by atoms with E-state index in [1.165, 1.54) is 11.7 Å². The SMILES string of the molecule is O=C(CCl)N(Cc1c(F)c(F)cc(F)c1F)c1ncc2ncsc2n1. The number of nitrogens with zero attached hydrogens (tertiary/aromatic N) is 4. The van der Waals surface area contributed by atoms with Crippen molar-refractivity contribution in [3.63, 3.8) is 0 Å². The fourth-order valence-corrected chi connectivity index (χ4v) is 2.82. The Kier molecular flexibility index (Phi) is 4.82. The summed E-state index contributed by atoms with van der Waals surface area (Å²) in [6.07, 6.45) is 1.31. The summed E-state index contributed by atoms with van der Waals surface area (Å²) in [6, 6.07) is 0.0851. The zero-order chi connectivity index (χ0) is 18.1. The lowest BCUT2D eigenvalue weighted by molar-refractivity contribution is -0.116. The van der Waals surface area contributed by atoms with Crippen molar-refractivity contribution >= 4 is 45.1 Å². The van der Waals surface area contributed by atoms with Gasteiger partial charge < -0.3 is 0 Å². The first-order valence-corrected chi connectivity index (χ1v) is 8.08. The van der Waals surface area contributed by atoms with Crippen LogP contribution in [0.2, 0.25) is 0 Å². The first-order chi connectivity index (χ1) is 11.9. The third kappa shape index (κ3) is 3.27. The van der Waals surface area contributed by atoms with Crippen LogP contribution in [0, 0.1) is 23.3 Å². The molecular weight excluding hydrogens is 384 g/mol. The number of hydrogen-bond donors (Lipinski definition) is 0. The van der Waals surface area contributed by atoms with Crippen LogP contribution in [-0.4, -0.2) is 26.7 Å². The van der Waals surface area contributed by atoms with Crippen LogP contribution in [0.5, 0.6) is 0 Å². The molecule has 0 aliphatic heterocycles. The molecule has 11 heteroatoms. The van der Waals surface area contributed by atoms with Gasteiger partial charge in [0, 0.05) is 11.6 Å². The number of carbonyl (C=O) groups is 1. The van der Waals surface area contributed by atoms with Crippen molar-refractivity contribution in [1.29, 1.82) is 0 Å². The molecule has 0 N–H and O–H groups in total. The van der Waals surface area contributed by atoms with E-state index < -0.39 is 47.2 Å². The molecule has 2 aromatic heterocycles. The van der Waals surface area contributed by atoms with Crippen LogP contribution in [0.4, 0.5) is 23.5 Å². The lowest BCUT2D eigenvalue weighted by Crippen LogP contribution is -2.34. The molecule has 0 saturated heterocycles. The maximum absolute atomic E-state index is 13.9. The van der Waals surface area contributed by atoms with Crippen molar-refractivity contribution in [3.05, 3.63) is 46.6 Å². The minimum absolute atomic E-state index is 0.0851. The smallest absolute Gasteiger partial charge is 0.244 e. The minimum Gasteiger partial charge on any atom is -0.275 e. The highest BCUT2D eigenvalue weighted by Crippen LogP contribution is 2.24. The second-order valence-electron chi connectivity index (χ2n) is 4.77. The van der Waals surface area contributed by atoms with Gasteiger partial charge in [-0.3, -0.25) is 9.69 Å². The number of anilines is 1. The van der Waals surface area contributed by atoms with E-state index in [0.717, 1.165) is 16.2 Å². The maximum Gasteiger partial charge on any atom is 0.244 e. The Hall–Kier alpha value is -2.33. The molecule has 0 saturated carbocycles. The average molecular weight is 391 g/mol. The number of benzene rings is 1. The van der Waals surface area contributed by atoms with Crippen LogP contribution in [0.25, 0.3) is 10.3 Å². The van der Waals surface area contributed by atoms with E-state index in [2.05, 4.69) is 15.0 Å². The highest BCUT2D eigenvalue weighted by Gasteiger charge is 2.26. The second-order valence-corrected chi connectivity index (χ2v) is 5.87. The van der Waals surface area contributed by atoms with Crippen LogP contribution < -0.4 is 4.90 Å². The van der Waals surface area contributed by atoms with Crippen LogP contribution in [-0.2, 0) is 11.3 Å². The van der Waals surface area contributed by atoms with Crippen LogP contribution >= 0.6 is 22.9 Å². The van der Waals surface area contributed by atoms with Gasteiger partial charge in [0.05, 0.1) is 18.3 Å². The molecule has 3 aromatic rings. The van der Waals surface area contributed by atoms with Crippen molar-refractivity contribution in [2.24, 2.45) is 0 Å². The van der Waals surface area contributed by atoms with Gasteiger partial charge in [-0.2, -0.15) is 4.98 Å². The zero-order valence-corrected chi connectivity index (χ0v) is 13.7. The molecule has 3 rings (SSSR count). The van der Waals surface area contributed by atoms with E-state index in [4.69, 9.17) is 11.6 Å². The molecule has 0 spiro atoms. The van der Waals surface area contributed by atoms with E-state index in [1.807, 2.05) is 0 Å². The van der Waals surface area contributed by atoms with Gasteiger partial charge in [-0.1, -0.05) is 0 Å². The van der Waals surface area contributed by atoms with Gasteiger partial charge in [0.1, 0.15) is 16.2 Å². The van der Waals surface area contributed by atoms with E-state index in [-0.39, 0.29) is 12.0 Å². The Bertz CT molecular complexity index is 941. The minimum atomic E-state index is -1.61. The normalized spacial score (nSPS) is 11.1. The molecule has 0 atom stereocenters. The average Bonchev–Trinajstić information content (AvgIpc) is 3.07. The molecule has 1 aromatic carbocycles. The topological polar surface area (TPSA) is 59.0 Å². The first kappa shape index (κ1) is 17.5. The van der Waals surface area contributed by atoms with Gasteiger partial charge >= 0.3 is 0 Å². The van der Waals surface area contributed by atoms with E-state index in [0.29, 0.717) is 10.3 Å². The second kappa shape index (κ2) is 6.89. The number of alkyl halides is 1. The van der Waals surface area contributed by atoms with E-state index in [1.54, 1.807) is 0 Å². The van der Waals surface area contributed by atoms with Gasteiger partial charge in [0.2, 0.25) is 11.9 Å². The van der Waals surface area contributed by atoms with Crippen LogP contribution in [0.3, 0.4) is 0 Å². The summed E-state index contributed by atoms with van der Waals surface area (Å²) in [7, 11) is 0. The standard InChI is InChI=1S/C14H7ClF4N4OS/c15-2-10(24)23(14-20-3-9-13(22-14)25-5-21-9)4-6-11(18)7(16)1-8(17)12(6)19/h1,3,5H,2,4H2. The largest absolute Gasteiger partial charge is 0.275 e. The van der Waals surface area contributed by atoms with Gasteiger partial charge in [0.25, 0.3) is 0 Å². The van der Waals surface area contributed by atoms with E-state index in [9.17, 15) is 22.4 Å². The Morgan fingerprint density at radius 1 is 1.16 bits per heavy atom. The highest BCUT2D eigenvalue weighted by atomic mass is 35.5. The Morgan fingerprint density at radius 3 is 2.48 bits per heavy atom. The molecule has 0 bridgehead atoms. The number of halogens is 5. The first-order valence-electron chi connectivity index (χ1n) is 6.66. The molecule has 1 amide bonds. The Morgan fingerprint density at radius 2 is 1.84 bits per heavy atom.